The molecule has 5 nitrogen and oxygen atoms in total. The molecule has 0 radical (unpaired) electrons. The first-order valence-electron chi connectivity index (χ1n) is 6.50. The molecule has 1 amide bonds. The highest BCUT2D eigenvalue weighted by Crippen LogP contribution is 2.25. The molecule has 2 rings (SSSR count). The first-order valence-corrected chi connectivity index (χ1v) is 9.15. The van der Waals surface area contributed by atoms with E-state index in [1.807, 2.05) is 6.92 Å². The number of anilines is 2. The van der Waals surface area contributed by atoms with Crippen molar-refractivity contribution in [1.82, 2.24) is 0 Å². The first-order chi connectivity index (χ1) is 10.7. The SMILES string of the molecule is Cc1ccc(NC(=O)c2ccc(NS(C)(=O)=O)c(Cl)c2)cc1Cl. The van der Waals surface area contributed by atoms with Crippen molar-refractivity contribution in [2.45, 2.75) is 6.92 Å². The maximum Gasteiger partial charge on any atom is 0.255 e. The molecule has 0 aromatic heterocycles. The van der Waals surface area contributed by atoms with Crippen LogP contribution in [0.2, 0.25) is 10.0 Å². The zero-order valence-electron chi connectivity index (χ0n) is 12.4. The highest BCUT2D eigenvalue weighted by atomic mass is 35.5. The van der Waals surface area contributed by atoms with Crippen LogP contribution in [0.25, 0.3) is 0 Å². The molecule has 0 heterocycles. The molecular formula is C15H14Cl2N2O3S. The molecule has 23 heavy (non-hydrogen) atoms. The molecule has 0 saturated carbocycles. The standard InChI is InChI=1S/C15H14Cl2N2O3S/c1-9-3-5-11(8-12(9)16)18-15(20)10-4-6-14(13(17)7-10)19-23(2,21)22/h3-8,19H,1-2H3,(H,18,20). The Hall–Kier alpha value is -1.76. The van der Waals surface area contributed by atoms with Crippen LogP contribution in [-0.4, -0.2) is 20.6 Å². The number of amides is 1. The molecule has 0 bridgehead atoms. The van der Waals surface area contributed by atoms with Crippen molar-refractivity contribution in [3.8, 4) is 0 Å². The van der Waals surface area contributed by atoms with Crippen LogP contribution >= 0.6 is 23.2 Å². The fourth-order valence-electron chi connectivity index (χ4n) is 1.81. The van der Waals surface area contributed by atoms with E-state index in [2.05, 4.69) is 10.0 Å². The molecule has 8 heteroatoms. The Morgan fingerprint density at radius 3 is 2.30 bits per heavy atom. The van der Waals surface area contributed by atoms with E-state index in [0.717, 1.165) is 11.8 Å². The zero-order valence-corrected chi connectivity index (χ0v) is 14.7. The molecule has 2 N–H and O–H groups in total. The second-order valence-corrected chi connectivity index (χ2v) is 7.55. The van der Waals surface area contributed by atoms with E-state index < -0.39 is 10.0 Å². The third-order valence-corrected chi connectivity index (χ3v) is 4.27. The summed E-state index contributed by atoms with van der Waals surface area (Å²) in [7, 11) is -3.44. The molecule has 0 saturated heterocycles. The van der Waals surface area contributed by atoms with Gasteiger partial charge in [0.25, 0.3) is 5.91 Å². The Balaban J connectivity index is 2.19. The topological polar surface area (TPSA) is 75.3 Å². The van der Waals surface area contributed by atoms with Crippen LogP contribution in [0.3, 0.4) is 0 Å². The van der Waals surface area contributed by atoms with Gasteiger partial charge in [0.05, 0.1) is 17.0 Å². The third kappa shape index (κ3) is 4.86. The summed E-state index contributed by atoms with van der Waals surface area (Å²) in [5.41, 5.74) is 1.97. The van der Waals surface area contributed by atoms with Gasteiger partial charge in [-0.1, -0.05) is 29.3 Å². The van der Waals surface area contributed by atoms with Gasteiger partial charge in [0.1, 0.15) is 0 Å². The lowest BCUT2D eigenvalue weighted by atomic mass is 10.1. The second-order valence-electron chi connectivity index (χ2n) is 4.99. The van der Waals surface area contributed by atoms with Gasteiger partial charge in [-0.3, -0.25) is 9.52 Å². The molecule has 0 spiro atoms. The van der Waals surface area contributed by atoms with Crippen molar-refractivity contribution in [2.75, 3.05) is 16.3 Å². The molecular weight excluding hydrogens is 359 g/mol. The predicted molar refractivity (Wildman–Crippen MR) is 94.1 cm³/mol. The number of rotatable bonds is 4. The van der Waals surface area contributed by atoms with Crippen LogP contribution in [0.1, 0.15) is 15.9 Å². The van der Waals surface area contributed by atoms with Crippen molar-refractivity contribution in [1.29, 1.82) is 0 Å². The predicted octanol–water partition coefficient (Wildman–Crippen LogP) is 3.93. The lowest BCUT2D eigenvalue weighted by Gasteiger charge is -2.10. The van der Waals surface area contributed by atoms with Gasteiger partial charge >= 0.3 is 0 Å². The Bertz CT molecular complexity index is 867. The Morgan fingerprint density at radius 2 is 1.74 bits per heavy atom. The number of carbonyl (C=O) groups excluding carboxylic acids is 1. The van der Waals surface area contributed by atoms with Gasteiger partial charge in [0.2, 0.25) is 10.0 Å². The molecule has 0 atom stereocenters. The minimum absolute atomic E-state index is 0.130. The van der Waals surface area contributed by atoms with Crippen molar-refractivity contribution < 1.29 is 13.2 Å². The molecule has 0 aliphatic rings. The molecule has 0 fully saturated rings. The normalized spacial score (nSPS) is 11.1. The first kappa shape index (κ1) is 17.6. The van der Waals surface area contributed by atoms with E-state index in [1.165, 1.54) is 18.2 Å². The van der Waals surface area contributed by atoms with Crippen molar-refractivity contribution >= 4 is 50.5 Å². The van der Waals surface area contributed by atoms with Crippen molar-refractivity contribution in [3.63, 3.8) is 0 Å². The number of sulfonamides is 1. The number of benzene rings is 2. The fraction of sp³-hybridized carbons (Fsp3) is 0.133. The van der Waals surface area contributed by atoms with E-state index >= 15 is 0 Å². The Morgan fingerprint density at radius 1 is 1.04 bits per heavy atom. The molecule has 0 aliphatic carbocycles. The average Bonchev–Trinajstić information content (AvgIpc) is 2.43. The van der Waals surface area contributed by atoms with Gasteiger partial charge in [-0.15, -0.1) is 0 Å². The van der Waals surface area contributed by atoms with Crippen molar-refractivity contribution in [3.05, 3.63) is 57.6 Å². The number of carbonyl (C=O) groups is 1. The smallest absolute Gasteiger partial charge is 0.255 e. The maximum absolute atomic E-state index is 12.2. The van der Waals surface area contributed by atoms with Crippen molar-refractivity contribution in [2.24, 2.45) is 0 Å². The fourth-order valence-corrected chi connectivity index (χ4v) is 2.85. The summed E-state index contributed by atoms with van der Waals surface area (Å²) in [4.78, 5) is 12.2. The van der Waals surface area contributed by atoms with E-state index in [4.69, 9.17) is 23.2 Å². The number of halogens is 2. The summed E-state index contributed by atoms with van der Waals surface area (Å²) in [6.45, 7) is 1.86. The van der Waals surface area contributed by atoms with E-state index in [9.17, 15) is 13.2 Å². The lowest BCUT2D eigenvalue weighted by molar-refractivity contribution is 0.102. The summed E-state index contributed by atoms with van der Waals surface area (Å²) in [5, 5.41) is 3.38. The van der Waals surface area contributed by atoms with Crippen LogP contribution in [-0.2, 0) is 10.0 Å². The lowest BCUT2D eigenvalue weighted by Crippen LogP contribution is -2.13. The van der Waals surface area contributed by atoms with Gasteiger partial charge in [-0.05, 0) is 42.8 Å². The van der Waals surface area contributed by atoms with Gasteiger partial charge in [-0.2, -0.15) is 0 Å². The third-order valence-electron chi connectivity index (χ3n) is 2.96. The van der Waals surface area contributed by atoms with Crippen LogP contribution in [0.4, 0.5) is 11.4 Å². The summed E-state index contributed by atoms with van der Waals surface area (Å²) in [6.07, 6.45) is 1.02. The van der Waals surface area contributed by atoms with E-state index in [1.54, 1.807) is 18.2 Å². The molecule has 2 aromatic carbocycles. The number of nitrogens with one attached hydrogen (secondary N) is 2. The maximum atomic E-state index is 12.2. The van der Waals surface area contributed by atoms with Crippen LogP contribution < -0.4 is 10.0 Å². The Kier molecular flexibility index (Phi) is 5.19. The summed E-state index contributed by atoms with van der Waals surface area (Å²) < 4.78 is 24.7. The summed E-state index contributed by atoms with van der Waals surface area (Å²) in [6, 6.07) is 9.48. The quantitative estimate of drug-likeness (QED) is 0.853. The number of hydrogen-bond donors (Lipinski definition) is 2. The number of aryl methyl sites for hydroxylation is 1. The Labute approximate surface area is 144 Å². The van der Waals surface area contributed by atoms with E-state index in [-0.39, 0.29) is 16.6 Å². The van der Waals surface area contributed by atoms with Gasteiger partial charge in [0.15, 0.2) is 0 Å². The minimum atomic E-state index is -3.44. The van der Waals surface area contributed by atoms with Crippen LogP contribution in [0.15, 0.2) is 36.4 Å². The molecule has 0 unspecified atom stereocenters. The van der Waals surface area contributed by atoms with E-state index in [0.29, 0.717) is 16.3 Å². The largest absolute Gasteiger partial charge is 0.322 e. The minimum Gasteiger partial charge on any atom is -0.322 e. The highest BCUT2D eigenvalue weighted by Gasteiger charge is 2.12. The average molecular weight is 373 g/mol. The van der Waals surface area contributed by atoms with Crippen LogP contribution in [0, 0.1) is 6.92 Å². The molecule has 2 aromatic rings. The number of hydrogen-bond acceptors (Lipinski definition) is 3. The highest BCUT2D eigenvalue weighted by molar-refractivity contribution is 7.92. The molecule has 0 aliphatic heterocycles. The van der Waals surface area contributed by atoms with Gasteiger partial charge in [0, 0.05) is 16.3 Å². The van der Waals surface area contributed by atoms with Crippen LogP contribution in [0.5, 0.6) is 0 Å². The van der Waals surface area contributed by atoms with Gasteiger partial charge < -0.3 is 5.32 Å². The summed E-state index contributed by atoms with van der Waals surface area (Å²) in [5.74, 6) is -0.377. The summed E-state index contributed by atoms with van der Waals surface area (Å²) >= 11 is 12.0. The monoisotopic (exact) mass is 372 g/mol. The molecule has 122 valence electrons. The zero-order chi connectivity index (χ0) is 17.2. The van der Waals surface area contributed by atoms with Gasteiger partial charge in [-0.25, -0.2) is 8.42 Å². The second kappa shape index (κ2) is 6.78.